The molecule has 6 nitrogen and oxygen atoms in total. The van der Waals surface area contributed by atoms with Crippen LogP contribution >= 0.6 is 0 Å². The molecule has 3 rings (SSSR count). The highest BCUT2D eigenvalue weighted by Crippen LogP contribution is 2.26. The number of rotatable bonds is 6. The van der Waals surface area contributed by atoms with Crippen molar-refractivity contribution in [2.75, 3.05) is 43.1 Å². The summed E-state index contributed by atoms with van der Waals surface area (Å²) in [5.41, 5.74) is 2.31. The van der Waals surface area contributed by atoms with Crippen LogP contribution in [0.4, 0.5) is 11.4 Å². The van der Waals surface area contributed by atoms with Gasteiger partial charge < -0.3 is 19.7 Å². The number of para-hydroxylation sites is 2. The van der Waals surface area contributed by atoms with Crippen LogP contribution in [0.2, 0.25) is 0 Å². The summed E-state index contributed by atoms with van der Waals surface area (Å²) in [5.74, 6) is 0.308. The predicted molar refractivity (Wildman–Crippen MR) is 95.4 cm³/mol. The Bertz CT molecular complexity index is 724. The maximum atomic E-state index is 12.2. The molecule has 1 aliphatic heterocycles. The number of morpholine rings is 1. The number of benzene rings is 2. The molecule has 2 aromatic rings. The molecule has 1 amide bonds. The van der Waals surface area contributed by atoms with Crippen LogP contribution < -0.4 is 15.0 Å². The van der Waals surface area contributed by atoms with E-state index >= 15 is 0 Å². The average Bonchev–Trinajstić information content (AvgIpc) is 2.68. The Hall–Kier alpha value is -2.86. The third-order valence-electron chi connectivity index (χ3n) is 3.92. The maximum Gasteiger partial charge on any atom is 0.262 e. The van der Waals surface area contributed by atoms with Crippen molar-refractivity contribution in [1.82, 2.24) is 0 Å². The fraction of sp³-hybridized carbons (Fsp3) is 0.263. The van der Waals surface area contributed by atoms with Gasteiger partial charge in [0, 0.05) is 18.7 Å². The van der Waals surface area contributed by atoms with E-state index in [9.17, 15) is 9.59 Å². The van der Waals surface area contributed by atoms with Gasteiger partial charge in [-0.05, 0) is 36.4 Å². The fourth-order valence-electron chi connectivity index (χ4n) is 2.64. The number of aldehydes is 1. The quantitative estimate of drug-likeness (QED) is 0.818. The van der Waals surface area contributed by atoms with Crippen molar-refractivity contribution in [2.45, 2.75) is 0 Å². The summed E-state index contributed by atoms with van der Waals surface area (Å²) in [6.45, 7) is 2.86. The van der Waals surface area contributed by atoms with E-state index in [0.29, 0.717) is 24.5 Å². The first-order valence-corrected chi connectivity index (χ1v) is 8.16. The standard InChI is InChI=1S/C19H20N2O4/c22-13-15-5-7-16(8-6-15)25-14-19(23)20-17-3-1-2-4-18(17)21-9-11-24-12-10-21/h1-8,13H,9-12,14H2,(H,20,23). The molecule has 1 aliphatic rings. The Kier molecular flexibility index (Phi) is 5.64. The maximum absolute atomic E-state index is 12.2. The molecule has 0 atom stereocenters. The number of hydrogen-bond acceptors (Lipinski definition) is 5. The summed E-state index contributed by atoms with van der Waals surface area (Å²) in [4.78, 5) is 25.0. The third kappa shape index (κ3) is 4.58. The first kappa shape index (κ1) is 17.0. The SMILES string of the molecule is O=Cc1ccc(OCC(=O)Nc2ccccc2N2CCOCC2)cc1. The monoisotopic (exact) mass is 340 g/mol. The predicted octanol–water partition coefficient (Wildman–Crippen LogP) is 2.35. The van der Waals surface area contributed by atoms with Crippen LogP contribution in [0.1, 0.15) is 10.4 Å². The molecule has 0 radical (unpaired) electrons. The summed E-state index contributed by atoms with van der Waals surface area (Å²) in [6, 6.07) is 14.3. The number of hydrogen-bond donors (Lipinski definition) is 1. The van der Waals surface area contributed by atoms with E-state index in [4.69, 9.17) is 9.47 Å². The fourth-order valence-corrected chi connectivity index (χ4v) is 2.64. The van der Waals surface area contributed by atoms with Gasteiger partial charge in [-0.25, -0.2) is 0 Å². The highest BCUT2D eigenvalue weighted by molar-refractivity contribution is 5.95. The third-order valence-corrected chi connectivity index (χ3v) is 3.92. The summed E-state index contributed by atoms with van der Waals surface area (Å²) in [5, 5.41) is 2.90. The Morgan fingerprint density at radius 3 is 2.56 bits per heavy atom. The minimum absolute atomic E-state index is 0.0993. The number of ether oxygens (including phenoxy) is 2. The lowest BCUT2D eigenvalue weighted by molar-refractivity contribution is -0.118. The molecule has 6 heteroatoms. The summed E-state index contributed by atoms with van der Waals surface area (Å²) < 4.78 is 10.8. The summed E-state index contributed by atoms with van der Waals surface area (Å²) in [6.07, 6.45) is 0.763. The molecule has 25 heavy (non-hydrogen) atoms. The summed E-state index contributed by atoms with van der Waals surface area (Å²) in [7, 11) is 0. The Balaban J connectivity index is 1.59. The van der Waals surface area contributed by atoms with Gasteiger partial charge >= 0.3 is 0 Å². The minimum Gasteiger partial charge on any atom is -0.484 e. The van der Waals surface area contributed by atoms with Crippen molar-refractivity contribution in [2.24, 2.45) is 0 Å². The van der Waals surface area contributed by atoms with Crippen LogP contribution in [0.5, 0.6) is 5.75 Å². The van der Waals surface area contributed by atoms with E-state index in [1.165, 1.54) is 0 Å². The van der Waals surface area contributed by atoms with Gasteiger partial charge in [0.15, 0.2) is 6.61 Å². The normalized spacial score (nSPS) is 14.0. The van der Waals surface area contributed by atoms with Crippen molar-refractivity contribution in [3.63, 3.8) is 0 Å². The number of nitrogens with one attached hydrogen (secondary N) is 1. The molecule has 2 aromatic carbocycles. The molecule has 0 saturated carbocycles. The van der Waals surface area contributed by atoms with Crippen molar-refractivity contribution >= 4 is 23.6 Å². The van der Waals surface area contributed by atoms with Crippen molar-refractivity contribution in [3.8, 4) is 5.75 Å². The number of anilines is 2. The molecular weight excluding hydrogens is 320 g/mol. The zero-order chi connectivity index (χ0) is 17.5. The Labute approximate surface area is 146 Å². The molecule has 0 aliphatic carbocycles. The van der Waals surface area contributed by atoms with Crippen LogP contribution in [0.15, 0.2) is 48.5 Å². The van der Waals surface area contributed by atoms with Crippen LogP contribution in [0, 0.1) is 0 Å². The number of amides is 1. The van der Waals surface area contributed by atoms with Gasteiger partial charge in [-0.15, -0.1) is 0 Å². The molecular formula is C19H20N2O4. The van der Waals surface area contributed by atoms with Crippen molar-refractivity contribution in [3.05, 3.63) is 54.1 Å². The first-order valence-electron chi connectivity index (χ1n) is 8.16. The van der Waals surface area contributed by atoms with E-state index in [-0.39, 0.29) is 12.5 Å². The van der Waals surface area contributed by atoms with Gasteiger partial charge in [0.05, 0.1) is 24.6 Å². The van der Waals surface area contributed by atoms with Gasteiger partial charge in [-0.1, -0.05) is 12.1 Å². The first-order chi connectivity index (χ1) is 12.3. The highest BCUT2D eigenvalue weighted by atomic mass is 16.5. The molecule has 0 unspecified atom stereocenters. The number of nitrogens with zero attached hydrogens (tertiary/aromatic N) is 1. The van der Waals surface area contributed by atoms with Crippen LogP contribution in [-0.2, 0) is 9.53 Å². The van der Waals surface area contributed by atoms with E-state index in [1.54, 1.807) is 24.3 Å². The average molecular weight is 340 g/mol. The second kappa shape index (κ2) is 8.30. The molecule has 0 spiro atoms. The zero-order valence-corrected chi connectivity index (χ0v) is 13.8. The van der Waals surface area contributed by atoms with Gasteiger partial charge in [-0.3, -0.25) is 9.59 Å². The van der Waals surface area contributed by atoms with Crippen LogP contribution in [0.25, 0.3) is 0 Å². The summed E-state index contributed by atoms with van der Waals surface area (Å²) >= 11 is 0. The molecule has 0 bridgehead atoms. The molecule has 1 saturated heterocycles. The largest absolute Gasteiger partial charge is 0.484 e. The molecule has 0 aromatic heterocycles. The zero-order valence-electron chi connectivity index (χ0n) is 13.8. The van der Waals surface area contributed by atoms with E-state index in [2.05, 4.69) is 10.2 Å². The van der Waals surface area contributed by atoms with E-state index in [1.807, 2.05) is 24.3 Å². The number of carbonyl (C=O) groups excluding carboxylic acids is 2. The van der Waals surface area contributed by atoms with Crippen LogP contribution in [-0.4, -0.2) is 45.1 Å². The van der Waals surface area contributed by atoms with E-state index < -0.39 is 0 Å². The highest BCUT2D eigenvalue weighted by Gasteiger charge is 2.15. The lowest BCUT2D eigenvalue weighted by Crippen LogP contribution is -2.36. The smallest absolute Gasteiger partial charge is 0.262 e. The van der Waals surface area contributed by atoms with Gasteiger partial charge in [-0.2, -0.15) is 0 Å². The Morgan fingerprint density at radius 2 is 1.84 bits per heavy atom. The lowest BCUT2D eigenvalue weighted by atomic mass is 10.2. The van der Waals surface area contributed by atoms with Gasteiger partial charge in [0.25, 0.3) is 5.91 Å². The second-order valence-electron chi connectivity index (χ2n) is 5.64. The van der Waals surface area contributed by atoms with Crippen molar-refractivity contribution < 1.29 is 19.1 Å². The second-order valence-corrected chi connectivity index (χ2v) is 5.64. The van der Waals surface area contributed by atoms with Gasteiger partial charge in [0.2, 0.25) is 0 Å². The molecule has 130 valence electrons. The minimum atomic E-state index is -0.236. The topological polar surface area (TPSA) is 67.9 Å². The van der Waals surface area contributed by atoms with Crippen molar-refractivity contribution in [1.29, 1.82) is 0 Å². The van der Waals surface area contributed by atoms with Gasteiger partial charge in [0.1, 0.15) is 12.0 Å². The molecule has 1 N–H and O–H groups in total. The van der Waals surface area contributed by atoms with Crippen LogP contribution in [0.3, 0.4) is 0 Å². The Morgan fingerprint density at radius 1 is 1.12 bits per heavy atom. The van der Waals surface area contributed by atoms with E-state index in [0.717, 1.165) is 30.8 Å². The lowest BCUT2D eigenvalue weighted by Gasteiger charge is -2.30. The molecule has 1 fully saturated rings. The molecule has 1 heterocycles. The number of carbonyl (C=O) groups is 2.